The lowest BCUT2D eigenvalue weighted by Gasteiger charge is -2.14. The van der Waals surface area contributed by atoms with E-state index in [2.05, 4.69) is 20.6 Å². The first kappa shape index (κ1) is 22.3. The largest absolute Gasteiger partial charge is 0.495 e. The van der Waals surface area contributed by atoms with E-state index in [1.807, 2.05) is 41.2 Å². The first-order valence-corrected chi connectivity index (χ1v) is 10.7. The van der Waals surface area contributed by atoms with Crippen LogP contribution < -0.4 is 15.4 Å². The van der Waals surface area contributed by atoms with Crippen molar-refractivity contribution in [1.82, 2.24) is 14.5 Å². The maximum Gasteiger partial charge on any atom is 0.416 e. The number of amides is 2. The van der Waals surface area contributed by atoms with Gasteiger partial charge in [-0.25, -0.2) is 9.78 Å². The van der Waals surface area contributed by atoms with Crippen LogP contribution in [0.2, 0.25) is 0 Å². The Bertz CT molecular complexity index is 1540. The first-order valence-electron chi connectivity index (χ1n) is 10.7. The third kappa shape index (κ3) is 4.37. The standard InChI is InChI=1S/C25H20F3N5O2/c1-35-22-8-7-16(25(26,27)28)12-20(22)32-24(34)31-19-5-2-6-21-18(19)9-11-33(21)14-15-13-30-23-17(15)4-3-10-29-23/h2-13H,14H2,1H3,(H,29,30)(H2,31,32,34). The number of ether oxygens (including phenoxy) is 1. The number of rotatable bonds is 5. The lowest BCUT2D eigenvalue weighted by molar-refractivity contribution is -0.137. The second-order valence-corrected chi connectivity index (χ2v) is 7.89. The van der Waals surface area contributed by atoms with Gasteiger partial charge in [-0.2, -0.15) is 13.2 Å². The minimum atomic E-state index is -4.55. The molecule has 0 saturated heterocycles. The Kier molecular flexibility index (Phi) is 5.56. The zero-order valence-corrected chi connectivity index (χ0v) is 18.5. The molecule has 0 saturated carbocycles. The fourth-order valence-electron chi connectivity index (χ4n) is 4.06. The molecule has 0 atom stereocenters. The molecule has 178 valence electrons. The van der Waals surface area contributed by atoms with Gasteiger partial charge in [0, 0.05) is 35.9 Å². The SMILES string of the molecule is COc1ccc(C(F)(F)F)cc1NC(=O)Nc1cccc2c1ccn2Cc1c[nH]c2ncccc12. The summed E-state index contributed by atoms with van der Waals surface area (Å²) in [5.41, 5.74) is 2.31. The third-order valence-electron chi connectivity index (χ3n) is 5.71. The normalized spacial score (nSPS) is 11.7. The number of nitrogens with one attached hydrogen (secondary N) is 3. The molecule has 3 heterocycles. The quantitative estimate of drug-likeness (QED) is 0.279. The lowest BCUT2D eigenvalue weighted by Crippen LogP contribution is -2.20. The Balaban J connectivity index is 1.39. The molecule has 0 fully saturated rings. The van der Waals surface area contributed by atoms with Crippen molar-refractivity contribution in [3.63, 3.8) is 0 Å². The first-order chi connectivity index (χ1) is 16.8. The number of nitrogens with zero attached hydrogens (tertiary/aromatic N) is 2. The number of anilines is 2. The number of H-pyrrole nitrogens is 1. The van der Waals surface area contributed by atoms with E-state index >= 15 is 0 Å². The highest BCUT2D eigenvalue weighted by Gasteiger charge is 2.31. The topological polar surface area (TPSA) is 84.0 Å². The van der Waals surface area contributed by atoms with E-state index in [1.54, 1.807) is 18.3 Å². The molecule has 0 unspecified atom stereocenters. The summed E-state index contributed by atoms with van der Waals surface area (Å²) < 4.78 is 46.5. The molecule has 7 nitrogen and oxygen atoms in total. The zero-order valence-electron chi connectivity index (χ0n) is 18.5. The van der Waals surface area contributed by atoms with Crippen molar-refractivity contribution in [1.29, 1.82) is 0 Å². The van der Waals surface area contributed by atoms with Crippen molar-refractivity contribution in [2.75, 3.05) is 17.7 Å². The van der Waals surface area contributed by atoms with Gasteiger partial charge in [0.15, 0.2) is 0 Å². The molecule has 0 radical (unpaired) electrons. The molecule has 0 aliphatic rings. The number of halogens is 3. The number of aromatic nitrogens is 3. The van der Waals surface area contributed by atoms with Crippen LogP contribution in [0.5, 0.6) is 5.75 Å². The van der Waals surface area contributed by atoms with Gasteiger partial charge in [0.25, 0.3) is 0 Å². The fourth-order valence-corrected chi connectivity index (χ4v) is 4.06. The van der Waals surface area contributed by atoms with Crippen molar-refractivity contribution in [2.24, 2.45) is 0 Å². The number of fused-ring (bicyclic) bond motifs is 2. The van der Waals surface area contributed by atoms with Crippen LogP contribution in [-0.4, -0.2) is 27.7 Å². The molecule has 0 bridgehead atoms. The van der Waals surface area contributed by atoms with E-state index in [0.717, 1.165) is 39.6 Å². The summed E-state index contributed by atoms with van der Waals surface area (Å²) >= 11 is 0. The van der Waals surface area contributed by atoms with Crippen molar-refractivity contribution in [2.45, 2.75) is 12.7 Å². The Labute approximate surface area is 197 Å². The van der Waals surface area contributed by atoms with Crippen LogP contribution in [0, 0.1) is 0 Å². The highest BCUT2D eigenvalue weighted by molar-refractivity contribution is 6.06. The number of benzene rings is 2. The minimum absolute atomic E-state index is 0.0856. The van der Waals surface area contributed by atoms with Gasteiger partial charge < -0.3 is 24.9 Å². The summed E-state index contributed by atoms with van der Waals surface area (Å²) in [6, 6.07) is 13.4. The molecule has 5 aromatic rings. The van der Waals surface area contributed by atoms with Crippen LogP contribution in [-0.2, 0) is 12.7 Å². The average molecular weight is 479 g/mol. The van der Waals surface area contributed by atoms with E-state index in [-0.39, 0.29) is 11.4 Å². The number of hydrogen-bond acceptors (Lipinski definition) is 3. The number of methoxy groups -OCH3 is 1. The number of pyridine rings is 1. The Morgan fingerprint density at radius 2 is 1.89 bits per heavy atom. The average Bonchev–Trinajstić information content (AvgIpc) is 3.44. The molecule has 3 N–H and O–H groups in total. The van der Waals surface area contributed by atoms with E-state index in [9.17, 15) is 18.0 Å². The van der Waals surface area contributed by atoms with E-state index in [1.165, 1.54) is 13.2 Å². The Morgan fingerprint density at radius 3 is 2.69 bits per heavy atom. The van der Waals surface area contributed by atoms with Gasteiger partial charge in [-0.1, -0.05) is 6.07 Å². The molecule has 2 amide bonds. The molecule has 0 spiro atoms. The van der Waals surface area contributed by atoms with Crippen LogP contribution >= 0.6 is 0 Å². The van der Waals surface area contributed by atoms with E-state index < -0.39 is 17.8 Å². The molecule has 0 aliphatic heterocycles. The summed E-state index contributed by atoms with van der Waals surface area (Å²) in [4.78, 5) is 20.2. The Hall–Kier alpha value is -4.47. The number of urea groups is 1. The van der Waals surface area contributed by atoms with Crippen LogP contribution in [0.25, 0.3) is 21.9 Å². The molecular weight excluding hydrogens is 459 g/mol. The van der Waals surface area contributed by atoms with Gasteiger partial charge in [-0.3, -0.25) is 0 Å². The van der Waals surface area contributed by atoms with Gasteiger partial charge >= 0.3 is 12.2 Å². The van der Waals surface area contributed by atoms with Gasteiger partial charge in [-0.05, 0) is 54.1 Å². The summed E-state index contributed by atoms with van der Waals surface area (Å²) in [5, 5.41) is 7.00. The van der Waals surface area contributed by atoms with Gasteiger partial charge in [-0.15, -0.1) is 0 Å². The highest BCUT2D eigenvalue weighted by Crippen LogP contribution is 2.35. The van der Waals surface area contributed by atoms with E-state index in [0.29, 0.717) is 12.2 Å². The van der Waals surface area contributed by atoms with Crippen LogP contribution in [0.15, 0.2) is 73.2 Å². The molecular formula is C25H20F3N5O2. The second kappa shape index (κ2) is 8.71. The van der Waals surface area contributed by atoms with Crippen LogP contribution in [0.4, 0.5) is 29.3 Å². The van der Waals surface area contributed by atoms with E-state index in [4.69, 9.17) is 4.74 Å². The maximum atomic E-state index is 13.1. The van der Waals surface area contributed by atoms with Gasteiger partial charge in [0.1, 0.15) is 11.4 Å². The molecule has 10 heteroatoms. The molecule has 35 heavy (non-hydrogen) atoms. The van der Waals surface area contributed by atoms with Crippen molar-refractivity contribution >= 4 is 39.3 Å². The Morgan fingerprint density at radius 1 is 1.06 bits per heavy atom. The third-order valence-corrected chi connectivity index (χ3v) is 5.71. The van der Waals surface area contributed by atoms with Crippen molar-refractivity contribution in [3.05, 3.63) is 84.3 Å². The number of hydrogen-bond donors (Lipinski definition) is 3. The predicted molar refractivity (Wildman–Crippen MR) is 128 cm³/mol. The van der Waals surface area contributed by atoms with Crippen molar-refractivity contribution in [3.8, 4) is 5.75 Å². The summed E-state index contributed by atoms with van der Waals surface area (Å²) in [6.07, 6.45) is 1.01. The van der Waals surface area contributed by atoms with Gasteiger partial charge in [0.05, 0.1) is 29.6 Å². The van der Waals surface area contributed by atoms with Crippen molar-refractivity contribution < 1.29 is 22.7 Å². The fraction of sp³-hybridized carbons (Fsp3) is 0.120. The summed E-state index contributed by atoms with van der Waals surface area (Å²) in [5.74, 6) is 0.116. The zero-order chi connectivity index (χ0) is 24.6. The summed E-state index contributed by atoms with van der Waals surface area (Å²) in [7, 11) is 1.32. The van der Waals surface area contributed by atoms with Crippen LogP contribution in [0.3, 0.4) is 0 Å². The lowest BCUT2D eigenvalue weighted by atomic mass is 10.1. The summed E-state index contributed by atoms with van der Waals surface area (Å²) in [6.45, 7) is 0.590. The highest BCUT2D eigenvalue weighted by atomic mass is 19.4. The molecule has 0 aliphatic carbocycles. The number of carbonyl (C=O) groups is 1. The predicted octanol–water partition coefficient (Wildman–Crippen LogP) is 6.24. The number of aromatic amines is 1. The van der Waals surface area contributed by atoms with Gasteiger partial charge in [0.2, 0.25) is 0 Å². The molecule has 3 aromatic heterocycles. The van der Waals surface area contributed by atoms with Crippen LogP contribution in [0.1, 0.15) is 11.1 Å². The smallest absolute Gasteiger partial charge is 0.416 e. The monoisotopic (exact) mass is 479 g/mol. The second-order valence-electron chi connectivity index (χ2n) is 7.89. The molecule has 2 aromatic carbocycles. The maximum absolute atomic E-state index is 13.1. The molecule has 5 rings (SSSR count). The number of carbonyl (C=O) groups excluding carboxylic acids is 1. The minimum Gasteiger partial charge on any atom is -0.495 e. The number of alkyl halides is 3.